The molecule has 1 aromatic carbocycles. The second-order valence-electron chi connectivity index (χ2n) is 4.58. The minimum atomic E-state index is -0.339. The summed E-state index contributed by atoms with van der Waals surface area (Å²) in [6.45, 7) is 0.346. The van der Waals surface area contributed by atoms with E-state index in [-0.39, 0.29) is 18.1 Å². The van der Waals surface area contributed by atoms with E-state index in [1.54, 1.807) is 23.7 Å². The van der Waals surface area contributed by atoms with E-state index in [0.29, 0.717) is 23.1 Å². The zero-order chi connectivity index (χ0) is 16.1. The van der Waals surface area contributed by atoms with Crippen LogP contribution < -0.4 is 0 Å². The third-order valence-electron chi connectivity index (χ3n) is 3.12. The predicted molar refractivity (Wildman–Crippen MR) is 82.5 cm³/mol. The van der Waals surface area contributed by atoms with Gasteiger partial charge >= 0.3 is 0 Å². The van der Waals surface area contributed by atoms with Crippen molar-refractivity contribution in [2.45, 2.75) is 11.6 Å². The number of nitriles is 1. The number of carbonyl (C=O) groups excluding carboxylic acids is 1. The molecule has 1 aromatic heterocycles. The number of amides is 1. The molecule has 0 saturated heterocycles. The number of aromatic nitrogens is 2. The molecule has 0 fully saturated rings. The maximum Gasteiger partial charge on any atom is 0.272 e. The van der Waals surface area contributed by atoms with Crippen LogP contribution in [0, 0.1) is 17.1 Å². The Labute approximate surface area is 132 Å². The Hall–Kier alpha value is -2.33. The molecule has 0 aliphatic carbocycles. The number of benzene rings is 1. The van der Waals surface area contributed by atoms with E-state index in [1.807, 2.05) is 12.3 Å². The van der Waals surface area contributed by atoms with Gasteiger partial charge in [0, 0.05) is 19.3 Å². The lowest BCUT2D eigenvalue weighted by atomic mass is 10.3. The summed E-state index contributed by atoms with van der Waals surface area (Å²) in [5, 5.41) is 9.27. The Bertz CT molecular complexity index is 705. The Kier molecular flexibility index (Phi) is 5.17. The number of hydrogen-bond acceptors (Lipinski definition) is 4. The summed E-state index contributed by atoms with van der Waals surface area (Å²) in [6.07, 6.45) is 3.62. The van der Waals surface area contributed by atoms with Gasteiger partial charge in [-0.1, -0.05) is 11.8 Å². The van der Waals surface area contributed by atoms with Crippen molar-refractivity contribution in [3.05, 3.63) is 42.0 Å². The monoisotopic (exact) mass is 318 g/mol. The number of hydrogen-bond donors (Lipinski definition) is 0. The van der Waals surface area contributed by atoms with Gasteiger partial charge in [-0.2, -0.15) is 5.26 Å². The molecule has 7 heteroatoms. The maximum absolute atomic E-state index is 13.1. The molecule has 0 unspecified atom stereocenters. The molecule has 5 nitrogen and oxygen atoms in total. The summed E-state index contributed by atoms with van der Waals surface area (Å²) < 4.78 is 14.8. The molecule has 2 rings (SSSR count). The van der Waals surface area contributed by atoms with Crippen molar-refractivity contribution in [3.8, 4) is 11.8 Å². The molecule has 1 amide bonds. The van der Waals surface area contributed by atoms with Crippen molar-refractivity contribution in [2.24, 2.45) is 0 Å². The highest BCUT2D eigenvalue weighted by Crippen LogP contribution is 2.22. The molecule has 0 bridgehead atoms. The molecule has 1 heterocycles. The number of rotatable bonds is 5. The number of thioether (sulfide) groups is 1. The standard InChI is InChI=1S/C15H15FN4OS/c1-19(9-3-8-17)14(21)13-10-18-15(22-2)20(13)12-6-4-11(16)5-7-12/h4-7,10H,3,9H2,1-2H3. The largest absolute Gasteiger partial charge is 0.339 e. The first-order valence-electron chi connectivity index (χ1n) is 6.58. The van der Waals surface area contributed by atoms with Crippen LogP contribution in [0.5, 0.6) is 0 Å². The van der Waals surface area contributed by atoms with E-state index < -0.39 is 0 Å². The van der Waals surface area contributed by atoms with E-state index >= 15 is 0 Å². The molecule has 0 saturated carbocycles. The maximum atomic E-state index is 13.1. The topological polar surface area (TPSA) is 61.9 Å². The second-order valence-corrected chi connectivity index (χ2v) is 5.35. The third-order valence-corrected chi connectivity index (χ3v) is 3.77. The normalized spacial score (nSPS) is 10.3. The van der Waals surface area contributed by atoms with E-state index in [1.165, 1.54) is 35.0 Å². The average molecular weight is 318 g/mol. The highest BCUT2D eigenvalue weighted by molar-refractivity contribution is 7.98. The van der Waals surface area contributed by atoms with Crippen LogP contribution in [-0.4, -0.2) is 40.2 Å². The second kappa shape index (κ2) is 7.09. The predicted octanol–water partition coefficient (Wildman–Crippen LogP) is 2.72. The Morgan fingerprint density at radius 2 is 2.14 bits per heavy atom. The fraction of sp³-hybridized carbons (Fsp3) is 0.267. The molecule has 0 aliphatic rings. The van der Waals surface area contributed by atoms with Gasteiger partial charge in [0.2, 0.25) is 0 Å². The van der Waals surface area contributed by atoms with Gasteiger partial charge in [-0.25, -0.2) is 9.37 Å². The summed E-state index contributed by atoms with van der Waals surface area (Å²) in [7, 11) is 1.64. The lowest BCUT2D eigenvalue weighted by Crippen LogP contribution is -2.29. The number of halogens is 1. The fourth-order valence-electron chi connectivity index (χ4n) is 1.98. The third kappa shape index (κ3) is 3.28. The number of carbonyl (C=O) groups is 1. The average Bonchev–Trinajstić information content (AvgIpc) is 2.96. The molecule has 114 valence electrons. The molecular weight excluding hydrogens is 303 g/mol. The molecule has 0 N–H and O–H groups in total. The van der Waals surface area contributed by atoms with Crippen molar-refractivity contribution < 1.29 is 9.18 Å². The van der Waals surface area contributed by atoms with Crippen LogP contribution in [0.1, 0.15) is 16.9 Å². The molecule has 0 radical (unpaired) electrons. The molecule has 0 aliphatic heterocycles. The molecule has 2 aromatic rings. The smallest absolute Gasteiger partial charge is 0.272 e. The van der Waals surface area contributed by atoms with Crippen LogP contribution in [0.4, 0.5) is 4.39 Å². The van der Waals surface area contributed by atoms with E-state index in [9.17, 15) is 9.18 Å². The van der Waals surface area contributed by atoms with Crippen LogP contribution in [0.3, 0.4) is 0 Å². The van der Waals surface area contributed by atoms with Gasteiger partial charge in [0.15, 0.2) is 5.16 Å². The van der Waals surface area contributed by atoms with Gasteiger partial charge in [-0.15, -0.1) is 0 Å². The highest BCUT2D eigenvalue weighted by atomic mass is 32.2. The van der Waals surface area contributed by atoms with Gasteiger partial charge in [0.05, 0.1) is 18.7 Å². The number of imidazole rings is 1. The lowest BCUT2D eigenvalue weighted by Gasteiger charge is -2.17. The summed E-state index contributed by atoms with van der Waals surface area (Å²) in [5.74, 6) is -0.569. The first kappa shape index (κ1) is 16.0. The molecule has 0 spiro atoms. The first-order chi connectivity index (χ1) is 10.6. The molecule has 22 heavy (non-hydrogen) atoms. The zero-order valence-electron chi connectivity index (χ0n) is 12.3. The highest BCUT2D eigenvalue weighted by Gasteiger charge is 2.20. The van der Waals surface area contributed by atoms with Crippen LogP contribution >= 0.6 is 11.8 Å². The minimum absolute atomic E-state index is 0.229. The Morgan fingerprint density at radius 3 is 2.73 bits per heavy atom. The lowest BCUT2D eigenvalue weighted by molar-refractivity contribution is 0.0789. The van der Waals surface area contributed by atoms with Gasteiger partial charge in [-0.3, -0.25) is 9.36 Å². The van der Waals surface area contributed by atoms with Gasteiger partial charge < -0.3 is 4.90 Å². The summed E-state index contributed by atoms with van der Waals surface area (Å²) in [5.41, 5.74) is 1.05. The fourth-order valence-corrected chi connectivity index (χ4v) is 2.53. The Balaban J connectivity index is 2.41. The summed E-state index contributed by atoms with van der Waals surface area (Å²) in [6, 6.07) is 7.89. The van der Waals surface area contributed by atoms with Gasteiger partial charge in [0.1, 0.15) is 11.5 Å². The number of nitrogens with zero attached hydrogens (tertiary/aromatic N) is 4. The zero-order valence-corrected chi connectivity index (χ0v) is 13.1. The van der Waals surface area contributed by atoms with Crippen molar-refractivity contribution >= 4 is 17.7 Å². The van der Waals surface area contributed by atoms with Crippen molar-refractivity contribution in [1.29, 1.82) is 5.26 Å². The van der Waals surface area contributed by atoms with Crippen molar-refractivity contribution in [1.82, 2.24) is 14.5 Å². The SMILES string of the molecule is CSc1ncc(C(=O)N(C)CCC#N)n1-c1ccc(F)cc1. The van der Waals surface area contributed by atoms with Crippen molar-refractivity contribution in [3.63, 3.8) is 0 Å². The van der Waals surface area contributed by atoms with Crippen LogP contribution in [0.2, 0.25) is 0 Å². The van der Waals surface area contributed by atoms with Gasteiger partial charge in [0.25, 0.3) is 5.91 Å². The van der Waals surface area contributed by atoms with Gasteiger partial charge in [-0.05, 0) is 30.5 Å². The van der Waals surface area contributed by atoms with Crippen LogP contribution in [0.15, 0.2) is 35.6 Å². The minimum Gasteiger partial charge on any atom is -0.339 e. The first-order valence-corrected chi connectivity index (χ1v) is 7.81. The molecule has 0 atom stereocenters. The van der Waals surface area contributed by atoms with Crippen LogP contribution in [-0.2, 0) is 0 Å². The summed E-state index contributed by atoms with van der Waals surface area (Å²) >= 11 is 1.40. The van der Waals surface area contributed by atoms with Crippen molar-refractivity contribution in [2.75, 3.05) is 19.8 Å². The van der Waals surface area contributed by atoms with Crippen LogP contribution in [0.25, 0.3) is 5.69 Å². The van der Waals surface area contributed by atoms with E-state index in [2.05, 4.69) is 4.98 Å². The quantitative estimate of drug-likeness (QED) is 0.795. The molecular formula is C15H15FN4OS. The van der Waals surface area contributed by atoms with E-state index in [4.69, 9.17) is 5.26 Å². The summed E-state index contributed by atoms with van der Waals surface area (Å²) in [4.78, 5) is 18.2. The Morgan fingerprint density at radius 1 is 1.45 bits per heavy atom. The van der Waals surface area contributed by atoms with E-state index in [0.717, 1.165) is 0 Å².